The highest BCUT2D eigenvalue weighted by Gasteiger charge is 2.21. The zero-order valence-electron chi connectivity index (χ0n) is 13.5. The summed E-state index contributed by atoms with van der Waals surface area (Å²) < 4.78 is 5.60. The van der Waals surface area contributed by atoms with Crippen LogP contribution in [0.4, 0.5) is 0 Å². The van der Waals surface area contributed by atoms with Crippen LogP contribution >= 0.6 is 0 Å². The van der Waals surface area contributed by atoms with E-state index in [2.05, 4.69) is 11.8 Å². The van der Waals surface area contributed by atoms with Crippen LogP contribution in [0.2, 0.25) is 0 Å². The lowest BCUT2D eigenvalue weighted by Gasteiger charge is -2.34. The summed E-state index contributed by atoms with van der Waals surface area (Å²) in [6.07, 6.45) is 1.98. The molecule has 1 amide bonds. The summed E-state index contributed by atoms with van der Waals surface area (Å²) in [5.41, 5.74) is 6.26. The number of nitrogens with two attached hydrogens (primary N) is 1. The van der Waals surface area contributed by atoms with E-state index in [0.29, 0.717) is 12.2 Å². The molecule has 122 valence electrons. The lowest BCUT2D eigenvalue weighted by atomic mass is 10.1. The Labute approximate surface area is 133 Å². The van der Waals surface area contributed by atoms with E-state index in [1.54, 1.807) is 0 Å². The quantitative estimate of drug-likeness (QED) is 0.831. The number of nitrogens with zero attached hydrogens (tertiary/aromatic N) is 2. The highest BCUT2D eigenvalue weighted by molar-refractivity contribution is 5.94. The second kappa shape index (κ2) is 8.76. The van der Waals surface area contributed by atoms with E-state index in [-0.39, 0.29) is 5.91 Å². The molecular formula is C17H27N3O2. The Hall–Kier alpha value is -1.59. The molecule has 0 unspecified atom stereocenters. The maximum absolute atomic E-state index is 12.6. The van der Waals surface area contributed by atoms with Crippen molar-refractivity contribution in [3.63, 3.8) is 0 Å². The predicted octanol–water partition coefficient (Wildman–Crippen LogP) is 1.58. The topological polar surface area (TPSA) is 58.8 Å². The first-order valence-corrected chi connectivity index (χ1v) is 8.19. The van der Waals surface area contributed by atoms with Gasteiger partial charge >= 0.3 is 0 Å². The third-order valence-electron chi connectivity index (χ3n) is 3.89. The summed E-state index contributed by atoms with van der Waals surface area (Å²) in [6, 6.07) is 7.49. The van der Waals surface area contributed by atoms with E-state index in [4.69, 9.17) is 10.5 Å². The maximum Gasteiger partial charge on any atom is 0.254 e. The second-order valence-corrected chi connectivity index (χ2v) is 5.65. The van der Waals surface area contributed by atoms with Crippen molar-refractivity contribution in [2.75, 3.05) is 45.9 Å². The maximum atomic E-state index is 12.6. The molecule has 0 radical (unpaired) electrons. The molecule has 0 atom stereocenters. The number of carbonyl (C=O) groups is 1. The first-order valence-electron chi connectivity index (χ1n) is 8.19. The molecule has 5 heteroatoms. The van der Waals surface area contributed by atoms with Crippen molar-refractivity contribution in [2.24, 2.45) is 5.73 Å². The third-order valence-corrected chi connectivity index (χ3v) is 3.89. The van der Waals surface area contributed by atoms with Crippen molar-refractivity contribution in [1.29, 1.82) is 0 Å². The average Bonchev–Trinajstić information content (AvgIpc) is 2.58. The van der Waals surface area contributed by atoms with E-state index in [1.807, 2.05) is 29.2 Å². The van der Waals surface area contributed by atoms with Gasteiger partial charge in [0.2, 0.25) is 0 Å². The van der Waals surface area contributed by atoms with Crippen LogP contribution < -0.4 is 10.5 Å². The fourth-order valence-corrected chi connectivity index (χ4v) is 2.61. The van der Waals surface area contributed by atoms with Crippen LogP contribution in [0.3, 0.4) is 0 Å². The molecule has 22 heavy (non-hydrogen) atoms. The summed E-state index contributed by atoms with van der Waals surface area (Å²) in [5, 5.41) is 0. The molecule has 0 spiro atoms. The van der Waals surface area contributed by atoms with E-state index in [0.717, 1.165) is 57.9 Å². The molecule has 1 aliphatic heterocycles. The van der Waals surface area contributed by atoms with Gasteiger partial charge in [-0.05, 0) is 44.1 Å². The molecule has 0 aromatic heterocycles. The number of amides is 1. The van der Waals surface area contributed by atoms with Gasteiger partial charge in [-0.2, -0.15) is 0 Å². The Morgan fingerprint density at radius 3 is 2.73 bits per heavy atom. The molecule has 5 nitrogen and oxygen atoms in total. The zero-order chi connectivity index (χ0) is 15.8. The van der Waals surface area contributed by atoms with E-state index in [9.17, 15) is 4.79 Å². The molecule has 0 bridgehead atoms. The second-order valence-electron chi connectivity index (χ2n) is 5.65. The van der Waals surface area contributed by atoms with Crippen molar-refractivity contribution in [2.45, 2.75) is 19.8 Å². The van der Waals surface area contributed by atoms with Crippen LogP contribution in [0, 0.1) is 0 Å². The molecule has 1 aliphatic rings. The molecule has 2 N–H and O–H groups in total. The molecule has 1 aromatic rings. The van der Waals surface area contributed by atoms with Gasteiger partial charge in [0.15, 0.2) is 0 Å². The van der Waals surface area contributed by atoms with Gasteiger partial charge in [-0.1, -0.05) is 13.0 Å². The third kappa shape index (κ3) is 4.71. The number of hydrogen-bond acceptors (Lipinski definition) is 4. The SMILES string of the molecule is CCCOc1cccc(C(=O)N2CCN(CCCN)CC2)c1. The van der Waals surface area contributed by atoms with Crippen LogP contribution in [0.25, 0.3) is 0 Å². The summed E-state index contributed by atoms with van der Waals surface area (Å²) in [5.74, 6) is 0.870. The molecule has 1 saturated heterocycles. The lowest BCUT2D eigenvalue weighted by molar-refractivity contribution is 0.0636. The van der Waals surface area contributed by atoms with Crippen LogP contribution in [0.15, 0.2) is 24.3 Å². The van der Waals surface area contributed by atoms with Gasteiger partial charge in [-0.15, -0.1) is 0 Å². The highest BCUT2D eigenvalue weighted by atomic mass is 16.5. The smallest absolute Gasteiger partial charge is 0.254 e. The van der Waals surface area contributed by atoms with Gasteiger partial charge in [-0.3, -0.25) is 9.69 Å². The summed E-state index contributed by atoms with van der Waals surface area (Å²) >= 11 is 0. The number of benzene rings is 1. The van der Waals surface area contributed by atoms with Crippen LogP contribution in [-0.4, -0.2) is 61.6 Å². The molecular weight excluding hydrogens is 278 g/mol. The largest absolute Gasteiger partial charge is 0.494 e. The molecule has 0 saturated carbocycles. The molecule has 2 rings (SSSR count). The Kier molecular flexibility index (Phi) is 6.68. The number of ether oxygens (including phenoxy) is 1. The summed E-state index contributed by atoms with van der Waals surface area (Å²) in [6.45, 7) is 7.92. The number of carbonyl (C=O) groups excluding carboxylic acids is 1. The van der Waals surface area contributed by atoms with Gasteiger partial charge in [0.25, 0.3) is 5.91 Å². The Bertz CT molecular complexity index is 471. The fourth-order valence-electron chi connectivity index (χ4n) is 2.61. The minimum atomic E-state index is 0.0976. The molecule has 1 fully saturated rings. The predicted molar refractivity (Wildman–Crippen MR) is 88.2 cm³/mol. The van der Waals surface area contributed by atoms with Gasteiger partial charge in [0, 0.05) is 31.7 Å². The van der Waals surface area contributed by atoms with E-state index < -0.39 is 0 Å². The number of piperazine rings is 1. The van der Waals surface area contributed by atoms with Gasteiger partial charge in [0.05, 0.1) is 6.61 Å². The van der Waals surface area contributed by atoms with E-state index in [1.165, 1.54) is 0 Å². The van der Waals surface area contributed by atoms with Crippen molar-refractivity contribution in [1.82, 2.24) is 9.80 Å². The van der Waals surface area contributed by atoms with Crippen LogP contribution in [0.5, 0.6) is 5.75 Å². The summed E-state index contributed by atoms with van der Waals surface area (Å²) in [7, 11) is 0. The molecule has 1 heterocycles. The number of hydrogen-bond donors (Lipinski definition) is 1. The van der Waals surface area contributed by atoms with Crippen LogP contribution in [0.1, 0.15) is 30.1 Å². The molecule has 1 aromatic carbocycles. The minimum absolute atomic E-state index is 0.0976. The first kappa shape index (κ1) is 16.8. The van der Waals surface area contributed by atoms with Crippen molar-refractivity contribution in [3.05, 3.63) is 29.8 Å². The average molecular weight is 305 g/mol. The zero-order valence-corrected chi connectivity index (χ0v) is 13.5. The lowest BCUT2D eigenvalue weighted by Crippen LogP contribution is -2.49. The standard InChI is InChI=1S/C17H27N3O2/c1-2-13-22-16-6-3-5-15(14-16)17(21)20-11-9-19(10-12-20)8-4-7-18/h3,5-6,14H,2,4,7-13,18H2,1H3. The van der Waals surface area contributed by atoms with Gasteiger partial charge < -0.3 is 15.4 Å². The Morgan fingerprint density at radius 1 is 1.27 bits per heavy atom. The normalized spacial score (nSPS) is 15.8. The van der Waals surface area contributed by atoms with Crippen molar-refractivity contribution in [3.8, 4) is 5.75 Å². The fraction of sp³-hybridized carbons (Fsp3) is 0.588. The van der Waals surface area contributed by atoms with Crippen LogP contribution in [-0.2, 0) is 0 Å². The summed E-state index contributed by atoms with van der Waals surface area (Å²) in [4.78, 5) is 16.9. The van der Waals surface area contributed by atoms with Gasteiger partial charge in [-0.25, -0.2) is 0 Å². The first-order chi connectivity index (χ1) is 10.7. The monoisotopic (exact) mass is 305 g/mol. The minimum Gasteiger partial charge on any atom is -0.494 e. The highest BCUT2D eigenvalue weighted by Crippen LogP contribution is 2.16. The van der Waals surface area contributed by atoms with E-state index >= 15 is 0 Å². The Balaban J connectivity index is 1.89. The van der Waals surface area contributed by atoms with Crippen molar-refractivity contribution >= 4 is 5.91 Å². The van der Waals surface area contributed by atoms with Crippen molar-refractivity contribution < 1.29 is 9.53 Å². The Morgan fingerprint density at radius 2 is 2.05 bits per heavy atom. The molecule has 0 aliphatic carbocycles. The number of rotatable bonds is 7. The van der Waals surface area contributed by atoms with Gasteiger partial charge in [0.1, 0.15) is 5.75 Å².